The summed E-state index contributed by atoms with van der Waals surface area (Å²) in [5.41, 5.74) is 2.11. The highest BCUT2D eigenvalue weighted by Crippen LogP contribution is 2.23. The predicted octanol–water partition coefficient (Wildman–Crippen LogP) is 3.54. The van der Waals surface area contributed by atoms with Crippen molar-refractivity contribution in [1.29, 1.82) is 0 Å². The van der Waals surface area contributed by atoms with Gasteiger partial charge in [0.15, 0.2) is 5.65 Å². The predicted molar refractivity (Wildman–Crippen MR) is 131 cm³/mol. The maximum atomic E-state index is 13.3. The topological polar surface area (TPSA) is 124 Å². The molecule has 0 aliphatic carbocycles. The van der Waals surface area contributed by atoms with Gasteiger partial charge in [-0.25, -0.2) is 14.8 Å². The summed E-state index contributed by atoms with van der Waals surface area (Å²) in [6.45, 7) is 0. The van der Waals surface area contributed by atoms with E-state index in [1.807, 2.05) is 0 Å². The monoisotopic (exact) mass is 473 g/mol. The second-order valence-corrected chi connectivity index (χ2v) is 7.45. The number of methoxy groups -OCH3 is 2. The molecule has 2 aromatic heterocycles. The molecule has 0 spiro atoms. The first-order valence-corrected chi connectivity index (χ1v) is 10.7. The van der Waals surface area contributed by atoms with Crippen LogP contribution in [-0.2, 0) is 16.0 Å². The molecular weight excluding hydrogens is 450 g/mol. The largest absolute Gasteiger partial charge is 0.495 e. The molecule has 0 fully saturated rings. The molecule has 2 heterocycles. The van der Waals surface area contributed by atoms with E-state index in [0.717, 1.165) is 0 Å². The molecule has 4 rings (SSSR count). The number of para-hydroxylation sites is 2. The smallest absolute Gasteiger partial charge is 0.323 e. The molecule has 0 aliphatic rings. The van der Waals surface area contributed by atoms with E-state index in [9.17, 15) is 14.4 Å². The summed E-state index contributed by atoms with van der Waals surface area (Å²) < 4.78 is 11.4. The highest BCUT2D eigenvalue weighted by Gasteiger charge is 2.16. The van der Waals surface area contributed by atoms with Crippen molar-refractivity contribution in [3.63, 3.8) is 0 Å². The zero-order valence-electron chi connectivity index (χ0n) is 19.1. The van der Waals surface area contributed by atoms with Crippen LogP contribution in [0.5, 0.6) is 5.75 Å². The number of benzene rings is 2. The lowest BCUT2D eigenvalue weighted by molar-refractivity contribution is -0.140. The number of aromatic nitrogens is 3. The Kier molecular flexibility index (Phi) is 7.01. The minimum Gasteiger partial charge on any atom is -0.495 e. The number of pyridine rings is 1. The number of hydrogen-bond donors (Lipinski definition) is 2. The van der Waals surface area contributed by atoms with Crippen LogP contribution in [0.2, 0.25) is 0 Å². The van der Waals surface area contributed by atoms with Gasteiger partial charge in [-0.3, -0.25) is 14.2 Å². The summed E-state index contributed by atoms with van der Waals surface area (Å²) in [5.74, 6) is 0.0908. The van der Waals surface area contributed by atoms with Crippen LogP contribution < -0.4 is 20.9 Å². The number of carbonyl (C=O) groups excluding carboxylic acids is 2. The molecule has 0 saturated heterocycles. The van der Waals surface area contributed by atoms with Crippen LogP contribution in [0, 0.1) is 0 Å². The highest BCUT2D eigenvalue weighted by atomic mass is 16.5. The number of ether oxygens (including phenoxy) is 2. The van der Waals surface area contributed by atoms with Crippen LogP contribution in [0.4, 0.5) is 16.2 Å². The summed E-state index contributed by atoms with van der Waals surface area (Å²) >= 11 is 0. The maximum Gasteiger partial charge on any atom is 0.323 e. The van der Waals surface area contributed by atoms with Crippen molar-refractivity contribution >= 4 is 34.5 Å². The molecule has 0 unspecified atom stereocenters. The highest BCUT2D eigenvalue weighted by molar-refractivity contribution is 6.00. The Morgan fingerprint density at radius 2 is 1.83 bits per heavy atom. The van der Waals surface area contributed by atoms with Crippen molar-refractivity contribution in [3.05, 3.63) is 82.9 Å². The number of amides is 2. The fraction of sp³-hybridized carbons (Fsp3) is 0.160. The minimum atomic E-state index is -0.476. The van der Waals surface area contributed by atoms with E-state index >= 15 is 0 Å². The first-order chi connectivity index (χ1) is 17.0. The van der Waals surface area contributed by atoms with Gasteiger partial charge in [-0.05, 0) is 42.5 Å². The second-order valence-electron chi connectivity index (χ2n) is 7.45. The molecular formula is C25H23N5O5. The number of carbonyl (C=O) groups is 2. The van der Waals surface area contributed by atoms with Gasteiger partial charge in [-0.2, -0.15) is 0 Å². The van der Waals surface area contributed by atoms with Crippen molar-refractivity contribution in [2.75, 3.05) is 24.9 Å². The summed E-state index contributed by atoms with van der Waals surface area (Å²) in [7, 11) is 2.81. The van der Waals surface area contributed by atoms with E-state index in [2.05, 4.69) is 25.3 Å². The van der Waals surface area contributed by atoms with Crippen molar-refractivity contribution in [2.24, 2.45) is 0 Å². The van der Waals surface area contributed by atoms with Crippen LogP contribution in [0.15, 0.2) is 71.7 Å². The van der Waals surface area contributed by atoms with Crippen LogP contribution in [-0.4, -0.2) is 40.8 Å². The lowest BCUT2D eigenvalue weighted by Gasteiger charge is -2.14. The molecule has 0 bridgehead atoms. The number of anilines is 2. The maximum absolute atomic E-state index is 13.3. The summed E-state index contributed by atoms with van der Waals surface area (Å²) in [6, 6.07) is 16.8. The molecule has 178 valence electrons. The average Bonchev–Trinajstić information content (AvgIpc) is 2.87. The van der Waals surface area contributed by atoms with Crippen LogP contribution >= 0.6 is 0 Å². The Morgan fingerprint density at radius 1 is 1.00 bits per heavy atom. The first kappa shape index (κ1) is 23.4. The van der Waals surface area contributed by atoms with Crippen molar-refractivity contribution < 1.29 is 19.1 Å². The van der Waals surface area contributed by atoms with Gasteiger partial charge in [0, 0.05) is 18.3 Å². The molecule has 0 aliphatic heterocycles. The van der Waals surface area contributed by atoms with E-state index in [-0.39, 0.29) is 18.5 Å². The quantitative estimate of drug-likeness (QED) is 0.393. The molecule has 4 aromatic rings. The van der Waals surface area contributed by atoms with Crippen molar-refractivity contribution in [2.45, 2.75) is 12.8 Å². The van der Waals surface area contributed by atoms with Gasteiger partial charge >= 0.3 is 12.0 Å². The Morgan fingerprint density at radius 3 is 2.63 bits per heavy atom. The third kappa shape index (κ3) is 5.27. The summed E-state index contributed by atoms with van der Waals surface area (Å²) in [4.78, 5) is 46.3. The first-order valence-electron chi connectivity index (χ1n) is 10.7. The third-order valence-corrected chi connectivity index (χ3v) is 5.19. The molecule has 10 heteroatoms. The molecule has 0 atom stereocenters. The van der Waals surface area contributed by atoms with Crippen LogP contribution in [0.25, 0.3) is 16.9 Å². The molecule has 2 amide bonds. The van der Waals surface area contributed by atoms with Gasteiger partial charge in [-0.1, -0.05) is 18.2 Å². The lowest BCUT2D eigenvalue weighted by Crippen LogP contribution is -2.26. The van der Waals surface area contributed by atoms with Gasteiger partial charge < -0.3 is 20.1 Å². The van der Waals surface area contributed by atoms with E-state index in [0.29, 0.717) is 34.0 Å². The number of nitrogens with zero attached hydrogens (tertiary/aromatic N) is 3. The van der Waals surface area contributed by atoms with Gasteiger partial charge in [0.2, 0.25) is 0 Å². The number of esters is 1. The zero-order valence-corrected chi connectivity index (χ0v) is 19.1. The zero-order chi connectivity index (χ0) is 24.8. The third-order valence-electron chi connectivity index (χ3n) is 5.19. The van der Waals surface area contributed by atoms with Gasteiger partial charge in [0.1, 0.15) is 17.0 Å². The van der Waals surface area contributed by atoms with Crippen molar-refractivity contribution in [1.82, 2.24) is 14.5 Å². The molecule has 0 saturated carbocycles. The fourth-order valence-corrected chi connectivity index (χ4v) is 3.55. The number of aryl methyl sites for hydroxylation is 1. The molecule has 35 heavy (non-hydrogen) atoms. The van der Waals surface area contributed by atoms with Gasteiger partial charge in [-0.15, -0.1) is 0 Å². The van der Waals surface area contributed by atoms with E-state index in [4.69, 9.17) is 4.74 Å². The second kappa shape index (κ2) is 10.5. The molecule has 10 nitrogen and oxygen atoms in total. The van der Waals surface area contributed by atoms with E-state index in [1.54, 1.807) is 66.9 Å². The minimum absolute atomic E-state index is 0.0230. The number of rotatable bonds is 7. The normalized spacial score (nSPS) is 10.6. The van der Waals surface area contributed by atoms with Crippen LogP contribution in [0.1, 0.15) is 12.1 Å². The number of hydrogen-bond acceptors (Lipinski definition) is 7. The lowest BCUT2D eigenvalue weighted by atomic mass is 10.2. The molecule has 0 radical (unpaired) electrons. The SMILES string of the molecule is COC(=O)CCc1nc2cccnc2n(-c2cccc(NC(=O)Nc3ccccc3OC)c2)c1=O. The Balaban J connectivity index is 1.66. The Hall–Kier alpha value is -4.73. The average molecular weight is 473 g/mol. The van der Waals surface area contributed by atoms with Crippen LogP contribution in [0.3, 0.4) is 0 Å². The Bertz CT molecular complexity index is 1450. The van der Waals surface area contributed by atoms with E-state index in [1.165, 1.54) is 18.8 Å². The standard InChI is InChI=1S/C25H23N5O5/c1-34-21-11-4-3-9-18(21)29-25(33)27-16-7-5-8-17(15-16)30-23-19(10-6-14-26-23)28-20(24(30)32)12-13-22(31)35-2/h3-11,14-15H,12-13H2,1-2H3,(H2,27,29,33). The van der Waals surface area contributed by atoms with Gasteiger partial charge in [0.05, 0.1) is 32.0 Å². The van der Waals surface area contributed by atoms with Gasteiger partial charge in [0.25, 0.3) is 5.56 Å². The number of fused-ring (bicyclic) bond motifs is 1. The van der Waals surface area contributed by atoms with Crippen molar-refractivity contribution in [3.8, 4) is 11.4 Å². The van der Waals surface area contributed by atoms with E-state index < -0.39 is 17.6 Å². The summed E-state index contributed by atoms with van der Waals surface area (Å²) in [5, 5.41) is 5.51. The number of urea groups is 1. The molecule has 2 N–H and O–H groups in total. The Labute approximate surface area is 200 Å². The fourth-order valence-electron chi connectivity index (χ4n) is 3.55. The summed E-state index contributed by atoms with van der Waals surface area (Å²) in [6.07, 6.45) is 1.71. The number of nitrogens with one attached hydrogen (secondary N) is 2. The molecule has 2 aromatic carbocycles.